The summed E-state index contributed by atoms with van der Waals surface area (Å²) in [5.74, 6) is 1.75. The molecule has 0 spiro atoms. The molecule has 18 nitrogen and oxygen atoms in total. The number of phenols is 3. The predicted molar refractivity (Wildman–Crippen MR) is 402 cm³/mol. The lowest BCUT2D eigenvalue weighted by atomic mass is 9.95. The molecule has 0 radical (unpaired) electrons. The van der Waals surface area contributed by atoms with Gasteiger partial charge in [-0.3, -0.25) is 14.2 Å². The van der Waals surface area contributed by atoms with Gasteiger partial charge in [-0.25, -0.2) is 25.3 Å². The third-order valence-electron chi connectivity index (χ3n) is 17.0. The van der Waals surface area contributed by atoms with Gasteiger partial charge in [-0.2, -0.15) is 0 Å². The molecule has 0 aliphatic heterocycles. The minimum absolute atomic E-state index is 0.0303. The number of nitrogens with one attached hydrogen (secondary N) is 4. The summed E-state index contributed by atoms with van der Waals surface area (Å²) in [6.45, 7) is 10.4. The van der Waals surface area contributed by atoms with Crippen molar-refractivity contribution >= 4 is 120 Å². The Morgan fingerprint density at radius 3 is 1.09 bits per heavy atom. The molecule has 522 valence electrons. The van der Waals surface area contributed by atoms with Crippen LogP contribution in [0.2, 0.25) is 0 Å². The van der Waals surface area contributed by atoms with Crippen molar-refractivity contribution in [2.75, 3.05) is 36.7 Å². The summed E-state index contributed by atoms with van der Waals surface area (Å²) in [6, 6.07) is 46.0. The van der Waals surface area contributed by atoms with E-state index in [0.29, 0.717) is 81.6 Å². The van der Waals surface area contributed by atoms with E-state index in [0.717, 1.165) is 69.9 Å². The van der Waals surface area contributed by atoms with Crippen LogP contribution in [-0.2, 0) is 30.1 Å². The summed E-state index contributed by atoms with van der Waals surface area (Å²) >= 11 is 3.53. The monoisotopic (exact) mass is 1450 g/mol. The van der Waals surface area contributed by atoms with Crippen LogP contribution >= 0.6 is 35.3 Å². The first-order chi connectivity index (χ1) is 47.5. The van der Waals surface area contributed by atoms with E-state index in [2.05, 4.69) is 39.2 Å². The van der Waals surface area contributed by atoms with Crippen LogP contribution in [-0.4, -0.2) is 91.4 Å². The molecule has 0 unspecified atom stereocenters. The first-order valence-electron chi connectivity index (χ1n) is 32.7. The molecule has 9 aromatic carbocycles. The van der Waals surface area contributed by atoms with Crippen molar-refractivity contribution in [1.82, 2.24) is 0 Å². The first kappa shape index (κ1) is 73.2. The van der Waals surface area contributed by atoms with Gasteiger partial charge in [0.2, 0.25) is 0 Å². The first-order valence-corrected chi connectivity index (χ1v) is 40.1. The second kappa shape index (κ2) is 33.6. The summed E-state index contributed by atoms with van der Waals surface area (Å²) in [7, 11) is -11.6. The van der Waals surface area contributed by atoms with Gasteiger partial charge < -0.3 is 45.4 Å². The van der Waals surface area contributed by atoms with Crippen molar-refractivity contribution in [3.05, 3.63) is 201 Å². The Bertz CT molecular complexity index is 4510. The third-order valence-corrected chi connectivity index (χ3v) is 24.4. The average molecular weight is 1460 g/mol. The molecule has 0 atom stereocenters. The zero-order valence-corrected chi connectivity index (χ0v) is 59.5. The fourth-order valence-electron chi connectivity index (χ4n) is 12.1. The number of phenolic OH excluding ortho intramolecular Hbond substituents is 3. The van der Waals surface area contributed by atoms with E-state index < -0.39 is 30.1 Å². The molecular formula is C75H82N4O14S6. The van der Waals surface area contributed by atoms with E-state index in [1.165, 1.54) is 85.6 Å². The van der Waals surface area contributed by atoms with Crippen LogP contribution in [0.25, 0.3) is 32.3 Å². The molecule has 3 aliphatic carbocycles. The minimum atomic E-state index is -3.92. The molecule has 99 heavy (non-hydrogen) atoms. The maximum absolute atomic E-state index is 13.3. The number of hydrogen-bond donors (Lipinski definition) is 10. The second-order valence-electron chi connectivity index (χ2n) is 24.5. The number of aromatic hydroxyl groups is 3. The summed E-state index contributed by atoms with van der Waals surface area (Å²) in [5.41, 5.74) is 1.96. The van der Waals surface area contributed by atoms with Crippen LogP contribution in [0, 0.1) is 0 Å². The number of hydrogen-bond acceptors (Lipinski definition) is 18. The van der Waals surface area contributed by atoms with Crippen LogP contribution in [0.4, 0.5) is 22.7 Å². The van der Waals surface area contributed by atoms with E-state index in [-0.39, 0.29) is 78.7 Å². The van der Waals surface area contributed by atoms with Gasteiger partial charge in [-0.15, -0.1) is 35.3 Å². The molecule has 3 fully saturated rings. The lowest BCUT2D eigenvalue weighted by Gasteiger charge is -2.24. The minimum Gasteiger partial charge on any atom is -0.512 e. The van der Waals surface area contributed by atoms with Gasteiger partial charge in [0, 0.05) is 50.1 Å². The SMILES string of the molecule is C=C(O)CSc1cc(NS(=O)(=O)c2ccc(NC3CCCCC3)cc2)c2ccccc2c1O.C=C(O)CSc1cc(NS(=O)(=O)c2ccc(OC3CCCCC3)cc2)c2ccccc2c1O.C=C(O)CSc1cc(NS(=O)(=O)c2cccc(OC3CCCCC3)c2)c2ccccc2c1O. The van der Waals surface area contributed by atoms with Crippen molar-refractivity contribution < 1.29 is 65.4 Å². The molecule has 10 N–H and O–H groups in total. The largest absolute Gasteiger partial charge is 0.512 e. The maximum atomic E-state index is 13.3. The van der Waals surface area contributed by atoms with Crippen LogP contribution in [0.3, 0.4) is 0 Å². The molecule has 0 amide bonds. The standard InChI is InChI=1S/C25H28N2O4S2.2C25H27NO5S2/c1-17(28)16-32-24-15-23(21-9-5-6-10-22(21)25(24)29)27-33(30,31)20-13-11-19(12-14-20)26-18-7-3-2-4-8-18;1-17(27)16-32-24-15-23(21-12-5-6-13-22(21)25(24)28)26-33(29,30)20-11-7-10-19(14-20)31-18-8-3-2-4-9-18;1-17(27)16-32-24-15-23(21-9-5-6-10-22(21)25(24)28)26-33(29,30)20-13-11-19(12-14-20)31-18-7-3-2-4-8-18/h5-6,9-15,18,26-29H,1-4,7-8,16H2;5-7,10-15,18,26-28H,1-4,8-9,16H2;5-6,9-15,18,26-28H,1-4,7-8,16H2. The van der Waals surface area contributed by atoms with Gasteiger partial charge in [0.1, 0.15) is 28.7 Å². The topological polar surface area (TPSA) is 290 Å². The van der Waals surface area contributed by atoms with Crippen molar-refractivity contribution in [1.29, 1.82) is 0 Å². The number of sulfonamides is 3. The van der Waals surface area contributed by atoms with Crippen molar-refractivity contribution in [3.8, 4) is 28.7 Å². The number of ether oxygens (including phenoxy) is 2. The number of aliphatic hydroxyl groups is 3. The Kier molecular flexibility index (Phi) is 24.8. The maximum Gasteiger partial charge on any atom is 0.262 e. The van der Waals surface area contributed by atoms with E-state index >= 15 is 0 Å². The molecule has 3 saturated carbocycles. The van der Waals surface area contributed by atoms with E-state index in [1.807, 2.05) is 0 Å². The molecule has 3 aliphatic rings. The number of thioether (sulfide) groups is 3. The van der Waals surface area contributed by atoms with Gasteiger partial charge in [-0.1, -0.05) is 131 Å². The normalized spacial score (nSPS) is 14.8. The summed E-state index contributed by atoms with van der Waals surface area (Å²) in [6.07, 6.45) is 17.4. The summed E-state index contributed by atoms with van der Waals surface area (Å²) < 4.78 is 99.1. The molecular weight excluding hydrogens is 1370 g/mol. The van der Waals surface area contributed by atoms with Crippen LogP contribution in [0.15, 0.2) is 230 Å². The van der Waals surface area contributed by atoms with Crippen molar-refractivity contribution in [2.24, 2.45) is 0 Å². The summed E-state index contributed by atoms with van der Waals surface area (Å²) in [5, 5.41) is 67.0. The number of aliphatic hydroxyl groups excluding tert-OH is 3. The second-order valence-corrected chi connectivity index (χ2v) is 32.6. The van der Waals surface area contributed by atoms with E-state index in [1.54, 1.807) is 146 Å². The number of rotatable bonds is 24. The van der Waals surface area contributed by atoms with Gasteiger partial charge in [0.15, 0.2) is 0 Å². The Labute approximate surface area is 591 Å². The van der Waals surface area contributed by atoms with Crippen LogP contribution in [0.1, 0.15) is 96.3 Å². The van der Waals surface area contributed by atoms with E-state index in [9.17, 15) is 55.9 Å². The van der Waals surface area contributed by atoms with Gasteiger partial charge in [0.05, 0.1) is 93.2 Å². The fourth-order valence-corrected chi connectivity index (χ4v) is 17.6. The van der Waals surface area contributed by atoms with Gasteiger partial charge in [-0.05, 0) is 143 Å². The lowest BCUT2D eigenvalue weighted by Crippen LogP contribution is -2.22. The highest BCUT2D eigenvalue weighted by Gasteiger charge is 2.25. The summed E-state index contributed by atoms with van der Waals surface area (Å²) in [4.78, 5) is 1.72. The number of anilines is 4. The quantitative estimate of drug-likeness (QED) is 0.0153. The molecule has 9 aromatic rings. The third kappa shape index (κ3) is 19.7. The average Bonchev–Trinajstić information content (AvgIpc) is 0.804. The smallest absolute Gasteiger partial charge is 0.262 e. The molecule has 24 heteroatoms. The molecule has 12 rings (SSSR count). The van der Waals surface area contributed by atoms with Crippen LogP contribution in [0.5, 0.6) is 28.7 Å². The molecule has 0 aromatic heterocycles. The van der Waals surface area contributed by atoms with Crippen LogP contribution < -0.4 is 29.0 Å². The Hall–Kier alpha value is -8.52. The van der Waals surface area contributed by atoms with Gasteiger partial charge >= 0.3 is 0 Å². The lowest BCUT2D eigenvalue weighted by molar-refractivity contribution is 0.154. The molecule has 0 heterocycles. The highest BCUT2D eigenvalue weighted by Crippen LogP contribution is 2.44. The fraction of sp³-hybridized carbons (Fsp3) is 0.280. The number of benzene rings is 9. The van der Waals surface area contributed by atoms with Crippen molar-refractivity contribution in [2.45, 2.75) is 144 Å². The Morgan fingerprint density at radius 2 is 0.717 bits per heavy atom. The highest BCUT2D eigenvalue weighted by atomic mass is 32.2. The predicted octanol–water partition coefficient (Wildman–Crippen LogP) is 18.7. The van der Waals surface area contributed by atoms with Crippen molar-refractivity contribution in [3.63, 3.8) is 0 Å². The van der Waals surface area contributed by atoms with E-state index in [4.69, 9.17) is 9.47 Å². The molecule has 0 saturated heterocycles. The number of fused-ring (bicyclic) bond motifs is 3. The highest BCUT2D eigenvalue weighted by molar-refractivity contribution is 8.00. The van der Waals surface area contributed by atoms with Gasteiger partial charge in [0.25, 0.3) is 30.1 Å². The Morgan fingerprint density at radius 1 is 0.384 bits per heavy atom. The zero-order valence-electron chi connectivity index (χ0n) is 54.6. The Balaban J connectivity index is 0.000000161. The molecule has 0 bridgehead atoms. The zero-order chi connectivity index (χ0) is 70.3.